The van der Waals surface area contributed by atoms with Gasteiger partial charge in [-0.05, 0) is 30.5 Å². The van der Waals surface area contributed by atoms with Gasteiger partial charge in [-0.25, -0.2) is 4.98 Å². The van der Waals surface area contributed by atoms with Gasteiger partial charge in [0.25, 0.3) is 0 Å². The van der Waals surface area contributed by atoms with Crippen LogP contribution in [0.15, 0.2) is 42.9 Å². The topological polar surface area (TPSA) is 17.8 Å². The summed E-state index contributed by atoms with van der Waals surface area (Å²) < 4.78 is 1.99. The van der Waals surface area contributed by atoms with Crippen LogP contribution in [0, 0.1) is 0 Å². The minimum atomic E-state index is 0.849. The Kier molecular flexibility index (Phi) is 3.99. The minimum Gasteiger partial charge on any atom is -0.334 e. The van der Waals surface area contributed by atoms with Gasteiger partial charge in [0, 0.05) is 12.1 Å². The lowest BCUT2D eigenvalue weighted by Crippen LogP contribution is -1.87. The highest BCUT2D eigenvalue weighted by molar-refractivity contribution is 6.31. The molecule has 2 nitrogen and oxygen atoms in total. The monoisotopic (exact) mass is 246 g/mol. The van der Waals surface area contributed by atoms with E-state index >= 15 is 0 Å². The average molecular weight is 247 g/mol. The van der Waals surface area contributed by atoms with E-state index in [2.05, 4.69) is 23.2 Å². The van der Waals surface area contributed by atoms with Crippen molar-refractivity contribution in [3.63, 3.8) is 0 Å². The second-order valence-corrected chi connectivity index (χ2v) is 4.37. The maximum absolute atomic E-state index is 6.09. The second kappa shape index (κ2) is 5.69. The quantitative estimate of drug-likeness (QED) is 0.804. The van der Waals surface area contributed by atoms with Gasteiger partial charge in [0.05, 0.1) is 18.2 Å². The Morgan fingerprint density at radius 3 is 2.88 bits per heavy atom. The zero-order valence-electron chi connectivity index (χ0n) is 9.81. The predicted molar refractivity (Wildman–Crippen MR) is 72.0 cm³/mol. The molecule has 0 fully saturated rings. The van der Waals surface area contributed by atoms with Gasteiger partial charge in [0.2, 0.25) is 0 Å². The molecule has 0 saturated heterocycles. The number of benzene rings is 1. The number of allylic oxidation sites excluding steroid dienone is 1. The third kappa shape index (κ3) is 3.21. The van der Waals surface area contributed by atoms with E-state index in [0.29, 0.717) is 0 Å². The average Bonchev–Trinajstić information content (AvgIpc) is 2.73. The summed E-state index contributed by atoms with van der Waals surface area (Å²) in [6, 6.07) is 7.98. The lowest BCUT2D eigenvalue weighted by molar-refractivity contribution is 0.900. The number of rotatable bonds is 4. The van der Waals surface area contributed by atoms with Crippen molar-refractivity contribution in [2.45, 2.75) is 12.8 Å². The minimum absolute atomic E-state index is 0.849. The molecule has 0 aliphatic carbocycles. The van der Waals surface area contributed by atoms with E-state index in [1.54, 1.807) is 6.33 Å². The van der Waals surface area contributed by atoms with Crippen LogP contribution >= 0.6 is 11.6 Å². The van der Waals surface area contributed by atoms with Crippen LogP contribution in [0.5, 0.6) is 0 Å². The highest BCUT2D eigenvalue weighted by Crippen LogP contribution is 2.16. The molecule has 0 amide bonds. The van der Waals surface area contributed by atoms with Gasteiger partial charge in [0.15, 0.2) is 0 Å². The van der Waals surface area contributed by atoms with E-state index < -0.39 is 0 Å². The smallest absolute Gasteiger partial charge is 0.0948 e. The molecule has 0 aliphatic rings. The first kappa shape index (κ1) is 11.9. The van der Waals surface area contributed by atoms with E-state index in [-0.39, 0.29) is 0 Å². The number of aromatic nitrogens is 2. The molecule has 0 N–H and O–H groups in total. The normalized spacial score (nSPS) is 11.2. The summed E-state index contributed by atoms with van der Waals surface area (Å²) in [6.45, 7) is 0. The molecule has 0 spiro atoms. The molecular weight excluding hydrogens is 232 g/mol. The number of imidazole rings is 1. The number of hydrogen-bond donors (Lipinski definition) is 0. The Morgan fingerprint density at radius 1 is 1.35 bits per heavy atom. The van der Waals surface area contributed by atoms with E-state index in [0.717, 1.165) is 23.6 Å². The van der Waals surface area contributed by atoms with Crippen molar-refractivity contribution in [1.82, 2.24) is 9.55 Å². The molecule has 0 saturated carbocycles. The lowest BCUT2D eigenvalue weighted by atomic mass is 10.1. The molecule has 1 heterocycles. The van der Waals surface area contributed by atoms with Crippen molar-refractivity contribution < 1.29 is 0 Å². The maximum Gasteiger partial charge on any atom is 0.0948 e. The Hall–Kier alpha value is -1.54. The number of halogens is 1. The van der Waals surface area contributed by atoms with Crippen LogP contribution in [-0.2, 0) is 13.5 Å². The Labute approximate surface area is 107 Å². The molecule has 0 atom stereocenters. The zero-order chi connectivity index (χ0) is 12.1. The van der Waals surface area contributed by atoms with Crippen LogP contribution in [0.1, 0.15) is 17.7 Å². The lowest BCUT2D eigenvalue weighted by Gasteiger charge is -2.00. The molecule has 2 aromatic rings. The van der Waals surface area contributed by atoms with Gasteiger partial charge >= 0.3 is 0 Å². The Bertz CT molecular complexity index is 514. The Balaban J connectivity index is 1.90. The van der Waals surface area contributed by atoms with E-state index in [4.69, 9.17) is 11.6 Å². The van der Waals surface area contributed by atoms with Crippen molar-refractivity contribution in [3.05, 3.63) is 59.1 Å². The fourth-order valence-electron chi connectivity index (χ4n) is 1.67. The molecule has 17 heavy (non-hydrogen) atoms. The van der Waals surface area contributed by atoms with Crippen molar-refractivity contribution in [2.24, 2.45) is 7.05 Å². The van der Waals surface area contributed by atoms with Crippen molar-refractivity contribution in [1.29, 1.82) is 0 Å². The van der Waals surface area contributed by atoms with Gasteiger partial charge in [-0.3, -0.25) is 0 Å². The van der Waals surface area contributed by atoms with Crippen LogP contribution in [0.4, 0.5) is 0 Å². The van der Waals surface area contributed by atoms with Crippen LogP contribution in [0.25, 0.3) is 6.08 Å². The molecule has 88 valence electrons. The summed E-state index contributed by atoms with van der Waals surface area (Å²) in [5.41, 5.74) is 2.31. The van der Waals surface area contributed by atoms with Crippen molar-refractivity contribution in [3.8, 4) is 0 Å². The van der Waals surface area contributed by atoms with Crippen LogP contribution in [0.3, 0.4) is 0 Å². The summed E-state index contributed by atoms with van der Waals surface area (Å²) in [6.07, 6.45) is 9.84. The molecule has 0 bridgehead atoms. The van der Waals surface area contributed by atoms with Gasteiger partial charge in [-0.2, -0.15) is 0 Å². The summed E-state index contributed by atoms with van der Waals surface area (Å²) in [7, 11) is 1.99. The summed E-state index contributed by atoms with van der Waals surface area (Å²) in [5.74, 6) is 0. The molecule has 0 aliphatic heterocycles. The van der Waals surface area contributed by atoms with Gasteiger partial charge in [0.1, 0.15) is 0 Å². The Morgan fingerprint density at radius 2 is 2.18 bits per heavy atom. The highest BCUT2D eigenvalue weighted by atomic mass is 35.5. The third-order valence-electron chi connectivity index (χ3n) is 2.68. The van der Waals surface area contributed by atoms with E-state index in [9.17, 15) is 0 Å². The molecule has 1 aromatic heterocycles. The molecule has 0 radical (unpaired) electrons. The summed E-state index contributed by atoms with van der Waals surface area (Å²) in [5, 5.41) is 0.849. The van der Waals surface area contributed by atoms with Gasteiger partial charge < -0.3 is 4.57 Å². The first-order chi connectivity index (χ1) is 8.27. The van der Waals surface area contributed by atoms with Crippen LogP contribution in [0.2, 0.25) is 5.02 Å². The first-order valence-corrected chi connectivity index (χ1v) is 6.01. The molecular formula is C14H15ClN2. The maximum atomic E-state index is 6.09. The van der Waals surface area contributed by atoms with E-state index in [1.807, 2.05) is 36.0 Å². The van der Waals surface area contributed by atoms with Crippen LogP contribution < -0.4 is 0 Å². The molecule has 1 aromatic carbocycles. The summed E-state index contributed by atoms with van der Waals surface area (Å²) in [4.78, 5) is 4.06. The fraction of sp³-hybridized carbons (Fsp3) is 0.214. The predicted octanol–water partition coefficient (Wildman–Crippen LogP) is 3.72. The van der Waals surface area contributed by atoms with Gasteiger partial charge in [-0.1, -0.05) is 35.9 Å². The molecule has 0 unspecified atom stereocenters. The fourth-order valence-corrected chi connectivity index (χ4v) is 1.90. The second-order valence-electron chi connectivity index (χ2n) is 3.96. The highest BCUT2D eigenvalue weighted by Gasteiger charge is 1.97. The van der Waals surface area contributed by atoms with Crippen LogP contribution in [-0.4, -0.2) is 9.55 Å². The zero-order valence-corrected chi connectivity index (χ0v) is 10.6. The third-order valence-corrected chi connectivity index (χ3v) is 3.05. The standard InChI is InChI=1S/C14H15ClN2/c1-17-11-16-10-13(17)8-4-2-6-12-7-3-5-9-14(12)15/h3-5,7-11H,2,6H2,1H3. The molecule has 3 heteroatoms. The number of nitrogens with zero attached hydrogens (tertiary/aromatic N) is 2. The summed E-state index contributed by atoms with van der Waals surface area (Å²) >= 11 is 6.09. The molecule has 2 rings (SSSR count). The van der Waals surface area contributed by atoms with E-state index in [1.165, 1.54) is 5.56 Å². The first-order valence-electron chi connectivity index (χ1n) is 5.63. The SMILES string of the molecule is Cn1cncc1C=CCCc1ccccc1Cl. The number of hydrogen-bond acceptors (Lipinski definition) is 1. The largest absolute Gasteiger partial charge is 0.334 e. The van der Waals surface area contributed by atoms with Gasteiger partial charge in [-0.15, -0.1) is 0 Å². The number of aryl methyl sites for hydroxylation is 2. The van der Waals surface area contributed by atoms with Crippen molar-refractivity contribution in [2.75, 3.05) is 0 Å². The van der Waals surface area contributed by atoms with Crippen molar-refractivity contribution >= 4 is 17.7 Å².